The number of hydrogen-bond acceptors (Lipinski definition) is 3. The standard InChI is InChI=1S/C22H26N4O/c1-15-11-16(2)13-18(12-15)23-22(27)17-7-9-26(10-8-17)14-21-24-19-5-3-4-6-20(19)25-21/h3-6,11-13,17H,7-10,14H2,1-2H3,(H,23,27)(H,24,25). The van der Waals surface area contributed by atoms with Gasteiger partial charge in [-0.2, -0.15) is 0 Å². The molecule has 0 unspecified atom stereocenters. The molecule has 27 heavy (non-hydrogen) atoms. The zero-order valence-corrected chi connectivity index (χ0v) is 16.0. The van der Waals surface area contributed by atoms with Gasteiger partial charge in [0.05, 0.1) is 17.6 Å². The van der Waals surface area contributed by atoms with Crippen LogP contribution in [0, 0.1) is 19.8 Å². The number of aromatic nitrogens is 2. The Morgan fingerprint density at radius 1 is 1.15 bits per heavy atom. The lowest BCUT2D eigenvalue weighted by atomic mass is 9.95. The van der Waals surface area contributed by atoms with Crippen LogP contribution < -0.4 is 5.32 Å². The molecule has 0 radical (unpaired) electrons. The first-order chi connectivity index (χ1) is 13.1. The maximum absolute atomic E-state index is 12.6. The summed E-state index contributed by atoms with van der Waals surface area (Å²) in [6.45, 7) is 6.75. The molecule has 4 rings (SSSR count). The number of likely N-dealkylation sites (tertiary alicyclic amines) is 1. The van der Waals surface area contributed by atoms with Gasteiger partial charge in [0.1, 0.15) is 5.82 Å². The topological polar surface area (TPSA) is 61.0 Å². The Morgan fingerprint density at radius 2 is 1.85 bits per heavy atom. The van der Waals surface area contributed by atoms with E-state index in [4.69, 9.17) is 0 Å². The Morgan fingerprint density at radius 3 is 2.56 bits per heavy atom. The zero-order chi connectivity index (χ0) is 18.8. The molecule has 2 heterocycles. The van der Waals surface area contributed by atoms with Gasteiger partial charge in [0.15, 0.2) is 0 Å². The van der Waals surface area contributed by atoms with Crippen LogP contribution in [0.3, 0.4) is 0 Å². The van der Waals surface area contributed by atoms with Crippen molar-refractivity contribution in [2.24, 2.45) is 5.92 Å². The molecule has 2 N–H and O–H groups in total. The number of hydrogen-bond donors (Lipinski definition) is 2. The Balaban J connectivity index is 1.32. The Hall–Kier alpha value is -2.66. The van der Waals surface area contributed by atoms with Crippen molar-refractivity contribution in [3.8, 4) is 0 Å². The second-order valence-corrected chi connectivity index (χ2v) is 7.62. The molecule has 1 amide bonds. The summed E-state index contributed by atoms with van der Waals surface area (Å²) in [5.74, 6) is 1.22. The molecule has 0 spiro atoms. The number of aromatic amines is 1. The number of imidazole rings is 1. The van der Waals surface area contributed by atoms with Crippen LogP contribution >= 0.6 is 0 Å². The third-order valence-corrected chi connectivity index (χ3v) is 5.26. The molecular formula is C22H26N4O. The van der Waals surface area contributed by atoms with E-state index in [0.717, 1.165) is 55.0 Å². The highest BCUT2D eigenvalue weighted by atomic mass is 16.1. The van der Waals surface area contributed by atoms with Crippen LogP contribution in [-0.2, 0) is 11.3 Å². The number of carbonyl (C=O) groups is 1. The van der Waals surface area contributed by atoms with Crippen LogP contribution in [0.25, 0.3) is 11.0 Å². The van der Waals surface area contributed by atoms with Gasteiger partial charge in [0.2, 0.25) is 5.91 Å². The summed E-state index contributed by atoms with van der Waals surface area (Å²) in [6, 6.07) is 14.3. The van der Waals surface area contributed by atoms with E-state index >= 15 is 0 Å². The highest BCUT2D eigenvalue weighted by Gasteiger charge is 2.25. The van der Waals surface area contributed by atoms with Gasteiger partial charge in [-0.3, -0.25) is 9.69 Å². The van der Waals surface area contributed by atoms with Crippen LogP contribution in [0.4, 0.5) is 5.69 Å². The number of piperidine rings is 1. The molecule has 3 aromatic rings. The molecule has 1 aliphatic rings. The van der Waals surface area contributed by atoms with E-state index in [1.165, 1.54) is 11.1 Å². The predicted molar refractivity (Wildman–Crippen MR) is 109 cm³/mol. The average Bonchev–Trinajstić information content (AvgIpc) is 3.03. The van der Waals surface area contributed by atoms with Gasteiger partial charge < -0.3 is 10.3 Å². The number of amides is 1. The molecule has 0 atom stereocenters. The van der Waals surface area contributed by atoms with Gasteiger partial charge in [-0.1, -0.05) is 18.2 Å². The van der Waals surface area contributed by atoms with Crippen molar-refractivity contribution in [3.63, 3.8) is 0 Å². The molecule has 140 valence electrons. The number of nitrogens with one attached hydrogen (secondary N) is 2. The largest absolute Gasteiger partial charge is 0.341 e. The van der Waals surface area contributed by atoms with Gasteiger partial charge in [-0.05, 0) is 75.2 Å². The van der Waals surface area contributed by atoms with Crippen molar-refractivity contribution in [1.82, 2.24) is 14.9 Å². The second-order valence-electron chi connectivity index (χ2n) is 7.62. The number of benzene rings is 2. The van der Waals surface area contributed by atoms with Crippen LogP contribution in [0.1, 0.15) is 29.8 Å². The summed E-state index contributed by atoms with van der Waals surface area (Å²) in [5, 5.41) is 3.10. The molecule has 0 bridgehead atoms. The Bertz CT molecular complexity index is 901. The van der Waals surface area contributed by atoms with E-state index < -0.39 is 0 Å². The lowest BCUT2D eigenvalue weighted by Crippen LogP contribution is -2.38. The molecule has 2 aromatic carbocycles. The first-order valence-electron chi connectivity index (χ1n) is 9.62. The summed E-state index contributed by atoms with van der Waals surface area (Å²) in [4.78, 5) is 23.0. The summed E-state index contributed by atoms with van der Waals surface area (Å²) in [6.07, 6.45) is 1.77. The summed E-state index contributed by atoms with van der Waals surface area (Å²) >= 11 is 0. The number of H-pyrrole nitrogens is 1. The molecule has 1 fully saturated rings. The quantitative estimate of drug-likeness (QED) is 0.737. The number of para-hydroxylation sites is 2. The third-order valence-electron chi connectivity index (χ3n) is 5.26. The van der Waals surface area contributed by atoms with E-state index in [1.54, 1.807) is 0 Å². The molecule has 1 saturated heterocycles. The van der Waals surface area contributed by atoms with Crippen LogP contribution in [0.15, 0.2) is 42.5 Å². The fourth-order valence-corrected chi connectivity index (χ4v) is 3.94. The van der Waals surface area contributed by atoms with Crippen molar-refractivity contribution < 1.29 is 4.79 Å². The van der Waals surface area contributed by atoms with Crippen molar-refractivity contribution in [2.75, 3.05) is 18.4 Å². The van der Waals surface area contributed by atoms with Gasteiger partial charge in [-0.15, -0.1) is 0 Å². The highest BCUT2D eigenvalue weighted by Crippen LogP contribution is 2.22. The lowest BCUT2D eigenvalue weighted by Gasteiger charge is -2.30. The highest BCUT2D eigenvalue weighted by molar-refractivity contribution is 5.92. The maximum Gasteiger partial charge on any atom is 0.227 e. The Labute approximate surface area is 159 Å². The normalized spacial score (nSPS) is 15.9. The molecular weight excluding hydrogens is 336 g/mol. The maximum atomic E-state index is 12.6. The number of aryl methyl sites for hydroxylation is 2. The van der Waals surface area contributed by atoms with Gasteiger partial charge >= 0.3 is 0 Å². The summed E-state index contributed by atoms with van der Waals surface area (Å²) in [5.41, 5.74) is 5.34. The first-order valence-corrected chi connectivity index (χ1v) is 9.62. The minimum atomic E-state index is 0.0812. The Kier molecular flexibility index (Phi) is 4.94. The average molecular weight is 362 g/mol. The molecule has 0 aliphatic carbocycles. The van der Waals surface area contributed by atoms with E-state index in [-0.39, 0.29) is 11.8 Å². The second kappa shape index (κ2) is 7.53. The number of rotatable bonds is 4. The summed E-state index contributed by atoms with van der Waals surface area (Å²) in [7, 11) is 0. The minimum Gasteiger partial charge on any atom is -0.341 e. The van der Waals surface area contributed by atoms with Gasteiger partial charge in [0.25, 0.3) is 0 Å². The fraction of sp³-hybridized carbons (Fsp3) is 0.364. The van der Waals surface area contributed by atoms with Crippen molar-refractivity contribution >= 4 is 22.6 Å². The molecule has 1 aromatic heterocycles. The van der Waals surface area contributed by atoms with E-state index in [9.17, 15) is 4.79 Å². The molecule has 5 nitrogen and oxygen atoms in total. The SMILES string of the molecule is Cc1cc(C)cc(NC(=O)C2CCN(Cc3nc4ccccc4[nH]3)CC2)c1. The van der Waals surface area contributed by atoms with Crippen LogP contribution in [-0.4, -0.2) is 33.9 Å². The van der Waals surface area contributed by atoms with Crippen LogP contribution in [0.5, 0.6) is 0 Å². The zero-order valence-electron chi connectivity index (χ0n) is 16.0. The van der Waals surface area contributed by atoms with E-state index in [0.29, 0.717) is 0 Å². The number of fused-ring (bicyclic) bond motifs is 1. The monoisotopic (exact) mass is 362 g/mol. The van der Waals surface area contributed by atoms with E-state index in [1.807, 2.05) is 30.3 Å². The lowest BCUT2D eigenvalue weighted by molar-refractivity contribution is -0.121. The van der Waals surface area contributed by atoms with E-state index in [2.05, 4.69) is 46.2 Å². The number of carbonyl (C=O) groups excluding carboxylic acids is 1. The van der Waals surface area contributed by atoms with Gasteiger partial charge in [0, 0.05) is 11.6 Å². The number of anilines is 1. The minimum absolute atomic E-state index is 0.0812. The molecule has 1 aliphatic heterocycles. The first kappa shape index (κ1) is 17.7. The third kappa shape index (κ3) is 4.19. The van der Waals surface area contributed by atoms with Gasteiger partial charge in [-0.25, -0.2) is 4.98 Å². The smallest absolute Gasteiger partial charge is 0.227 e. The van der Waals surface area contributed by atoms with Crippen molar-refractivity contribution in [2.45, 2.75) is 33.2 Å². The fourth-order valence-electron chi connectivity index (χ4n) is 3.94. The van der Waals surface area contributed by atoms with Crippen molar-refractivity contribution in [3.05, 3.63) is 59.4 Å². The summed E-state index contributed by atoms with van der Waals surface area (Å²) < 4.78 is 0. The number of nitrogens with zero attached hydrogens (tertiary/aromatic N) is 2. The molecule has 5 heteroatoms. The predicted octanol–water partition coefficient (Wildman–Crippen LogP) is 4.03. The van der Waals surface area contributed by atoms with Crippen LogP contribution in [0.2, 0.25) is 0 Å². The molecule has 0 saturated carbocycles. The van der Waals surface area contributed by atoms with Crippen molar-refractivity contribution in [1.29, 1.82) is 0 Å².